The van der Waals surface area contributed by atoms with E-state index in [0.29, 0.717) is 16.9 Å². The summed E-state index contributed by atoms with van der Waals surface area (Å²) < 4.78 is 0. The van der Waals surface area contributed by atoms with Crippen molar-refractivity contribution >= 4 is 23.4 Å². The molecule has 1 aliphatic heterocycles. The van der Waals surface area contributed by atoms with E-state index < -0.39 is 5.97 Å². The van der Waals surface area contributed by atoms with Crippen molar-refractivity contribution in [3.05, 3.63) is 22.8 Å². The summed E-state index contributed by atoms with van der Waals surface area (Å²) in [6, 6.07) is 3.05. The van der Waals surface area contributed by atoms with Crippen LogP contribution in [-0.4, -0.2) is 54.7 Å². The van der Waals surface area contributed by atoms with Crippen LogP contribution in [-0.2, 0) is 0 Å². The van der Waals surface area contributed by atoms with Crippen molar-refractivity contribution in [1.82, 2.24) is 9.88 Å². The molecule has 2 rings (SSSR count). The van der Waals surface area contributed by atoms with E-state index in [4.69, 9.17) is 11.6 Å². The van der Waals surface area contributed by atoms with E-state index in [9.17, 15) is 9.90 Å². The predicted molar refractivity (Wildman–Crippen MR) is 79.7 cm³/mol. The molecule has 0 amide bonds. The smallest absolute Gasteiger partial charge is 0.339 e. The van der Waals surface area contributed by atoms with Gasteiger partial charge in [0.25, 0.3) is 0 Å². The quantitative estimate of drug-likeness (QED) is 0.864. The van der Waals surface area contributed by atoms with Crippen LogP contribution in [0.25, 0.3) is 0 Å². The van der Waals surface area contributed by atoms with E-state index in [1.54, 1.807) is 0 Å². The van der Waals surface area contributed by atoms with E-state index in [1.165, 1.54) is 12.1 Å². The van der Waals surface area contributed by atoms with E-state index in [-0.39, 0.29) is 5.56 Å². The van der Waals surface area contributed by atoms with Crippen molar-refractivity contribution in [2.45, 2.75) is 12.8 Å². The number of pyridine rings is 1. The van der Waals surface area contributed by atoms with Crippen molar-refractivity contribution in [3.63, 3.8) is 0 Å². The summed E-state index contributed by atoms with van der Waals surface area (Å²) in [7, 11) is 4.15. The average Bonchev–Trinajstić information content (AvgIpc) is 2.38. The number of halogens is 1. The zero-order chi connectivity index (χ0) is 14.7. The molecule has 1 aromatic rings. The molecule has 0 saturated carbocycles. The summed E-state index contributed by atoms with van der Waals surface area (Å²) in [5.74, 6) is 0.196. The third-order valence-electron chi connectivity index (χ3n) is 3.61. The van der Waals surface area contributed by atoms with Gasteiger partial charge in [-0.25, -0.2) is 9.78 Å². The van der Waals surface area contributed by atoms with E-state index in [0.717, 1.165) is 32.5 Å². The van der Waals surface area contributed by atoms with E-state index in [2.05, 4.69) is 24.0 Å². The number of aromatic carboxylic acids is 1. The maximum atomic E-state index is 11.3. The number of carboxylic acids is 1. The molecule has 0 radical (unpaired) electrons. The minimum atomic E-state index is -0.959. The summed E-state index contributed by atoms with van der Waals surface area (Å²) >= 11 is 5.90. The van der Waals surface area contributed by atoms with Gasteiger partial charge in [-0.05, 0) is 45.0 Å². The van der Waals surface area contributed by atoms with Crippen LogP contribution in [0.3, 0.4) is 0 Å². The van der Waals surface area contributed by atoms with Crippen molar-refractivity contribution in [1.29, 1.82) is 0 Å². The lowest BCUT2D eigenvalue weighted by Crippen LogP contribution is -2.38. The minimum absolute atomic E-state index is 0.223. The fourth-order valence-electron chi connectivity index (χ4n) is 2.68. The highest BCUT2D eigenvalue weighted by Crippen LogP contribution is 2.26. The van der Waals surface area contributed by atoms with Gasteiger partial charge in [0.15, 0.2) is 0 Å². The molecule has 20 heavy (non-hydrogen) atoms. The Morgan fingerprint density at radius 3 is 2.65 bits per heavy atom. The lowest BCUT2D eigenvalue weighted by atomic mass is 9.96. The van der Waals surface area contributed by atoms with Gasteiger partial charge >= 0.3 is 5.97 Å². The monoisotopic (exact) mass is 297 g/mol. The number of piperidine rings is 1. The lowest BCUT2D eigenvalue weighted by molar-refractivity contribution is 0.0697. The molecule has 110 valence electrons. The number of hydrogen-bond donors (Lipinski definition) is 1. The van der Waals surface area contributed by atoms with Gasteiger partial charge in [-0.3, -0.25) is 0 Å². The lowest BCUT2D eigenvalue weighted by Gasteiger charge is -2.34. The summed E-state index contributed by atoms with van der Waals surface area (Å²) in [5.41, 5.74) is 0.223. The number of carboxylic acid groups (broad SMARTS) is 1. The number of nitrogens with zero attached hydrogens (tertiary/aromatic N) is 3. The summed E-state index contributed by atoms with van der Waals surface area (Å²) in [5, 5.41) is 9.58. The van der Waals surface area contributed by atoms with Gasteiger partial charge in [0.2, 0.25) is 0 Å². The first kappa shape index (κ1) is 15.1. The molecular weight excluding hydrogens is 278 g/mol. The average molecular weight is 298 g/mol. The maximum Gasteiger partial charge on any atom is 0.339 e. The zero-order valence-electron chi connectivity index (χ0n) is 11.8. The van der Waals surface area contributed by atoms with Crippen molar-refractivity contribution < 1.29 is 9.90 Å². The molecule has 0 atom stereocenters. The fourth-order valence-corrected chi connectivity index (χ4v) is 2.82. The van der Waals surface area contributed by atoms with E-state index >= 15 is 0 Å². The van der Waals surface area contributed by atoms with Crippen LogP contribution >= 0.6 is 11.6 Å². The third kappa shape index (κ3) is 3.61. The van der Waals surface area contributed by atoms with Gasteiger partial charge < -0.3 is 14.9 Å². The third-order valence-corrected chi connectivity index (χ3v) is 3.82. The van der Waals surface area contributed by atoms with Crippen molar-refractivity contribution in [3.8, 4) is 0 Å². The molecule has 0 aliphatic carbocycles. The first-order valence-electron chi connectivity index (χ1n) is 6.77. The van der Waals surface area contributed by atoms with Gasteiger partial charge in [-0.15, -0.1) is 0 Å². The Balaban J connectivity index is 2.10. The molecule has 5 nitrogen and oxygen atoms in total. The molecule has 0 bridgehead atoms. The summed E-state index contributed by atoms with van der Waals surface area (Å²) in [6.07, 6.45) is 2.09. The molecule has 0 spiro atoms. The Hall–Kier alpha value is -1.33. The number of carbonyl (C=O) groups is 1. The second kappa shape index (κ2) is 6.41. The normalized spacial score (nSPS) is 16.7. The summed E-state index contributed by atoms with van der Waals surface area (Å²) in [4.78, 5) is 19.7. The molecule has 1 aliphatic rings. The van der Waals surface area contributed by atoms with Crippen LogP contribution in [0.4, 0.5) is 5.82 Å². The molecule has 0 aromatic carbocycles. The highest BCUT2D eigenvalue weighted by atomic mass is 35.5. The van der Waals surface area contributed by atoms with Gasteiger partial charge in [-0.2, -0.15) is 0 Å². The molecule has 2 heterocycles. The molecule has 1 N–H and O–H groups in total. The Kier molecular flexibility index (Phi) is 4.83. The Labute approximate surface area is 124 Å². The first-order valence-corrected chi connectivity index (χ1v) is 7.14. The highest BCUT2D eigenvalue weighted by molar-refractivity contribution is 6.29. The standard InChI is InChI=1S/C14H20ClN3O2/c1-17(2)9-10-5-7-18(8-6-10)13-11(14(19)20)3-4-12(15)16-13/h3-4,10H,5-9H2,1-2H3,(H,19,20). The SMILES string of the molecule is CN(C)CC1CCN(c2nc(Cl)ccc2C(=O)O)CC1. The molecular formula is C14H20ClN3O2. The van der Waals surface area contributed by atoms with Gasteiger partial charge in [0.1, 0.15) is 16.5 Å². The van der Waals surface area contributed by atoms with Crippen molar-refractivity contribution in [2.24, 2.45) is 5.92 Å². The second-order valence-electron chi connectivity index (χ2n) is 5.50. The highest BCUT2D eigenvalue weighted by Gasteiger charge is 2.24. The van der Waals surface area contributed by atoms with Crippen LogP contribution in [0.2, 0.25) is 5.15 Å². The van der Waals surface area contributed by atoms with Crippen LogP contribution in [0.5, 0.6) is 0 Å². The fraction of sp³-hybridized carbons (Fsp3) is 0.571. The zero-order valence-corrected chi connectivity index (χ0v) is 12.6. The number of rotatable bonds is 4. The van der Waals surface area contributed by atoms with Gasteiger partial charge in [0.05, 0.1) is 0 Å². The molecule has 1 saturated heterocycles. The molecule has 6 heteroatoms. The topological polar surface area (TPSA) is 56.7 Å². The summed E-state index contributed by atoms with van der Waals surface area (Å²) in [6.45, 7) is 2.72. The minimum Gasteiger partial charge on any atom is -0.478 e. The van der Waals surface area contributed by atoms with Crippen LogP contribution < -0.4 is 4.90 Å². The van der Waals surface area contributed by atoms with Crippen molar-refractivity contribution in [2.75, 3.05) is 38.6 Å². The Morgan fingerprint density at radius 1 is 1.45 bits per heavy atom. The van der Waals surface area contributed by atoms with Crippen LogP contribution in [0, 0.1) is 5.92 Å². The van der Waals surface area contributed by atoms with E-state index in [1.807, 2.05) is 4.90 Å². The Morgan fingerprint density at radius 2 is 2.10 bits per heavy atom. The van der Waals surface area contributed by atoms with Crippen LogP contribution in [0.15, 0.2) is 12.1 Å². The molecule has 0 unspecified atom stereocenters. The first-order chi connectivity index (χ1) is 9.47. The van der Waals surface area contributed by atoms with Crippen LogP contribution in [0.1, 0.15) is 23.2 Å². The second-order valence-corrected chi connectivity index (χ2v) is 5.89. The number of hydrogen-bond acceptors (Lipinski definition) is 4. The predicted octanol–water partition coefficient (Wildman–Crippen LogP) is 2.21. The number of anilines is 1. The largest absolute Gasteiger partial charge is 0.478 e. The van der Waals surface area contributed by atoms with Gasteiger partial charge in [-0.1, -0.05) is 11.6 Å². The number of aromatic nitrogens is 1. The maximum absolute atomic E-state index is 11.3. The van der Waals surface area contributed by atoms with Gasteiger partial charge in [0, 0.05) is 19.6 Å². The molecule has 1 aromatic heterocycles. The molecule has 1 fully saturated rings. The Bertz CT molecular complexity index is 485.